The molecule has 0 saturated carbocycles. The van der Waals surface area contributed by atoms with E-state index in [1.807, 2.05) is 31.2 Å². The first-order valence-corrected chi connectivity index (χ1v) is 8.06. The SMILES string of the molecule is Cc1cc(F)ccc1CC(CCl)(CCl)Cc1ccccc1. The summed E-state index contributed by atoms with van der Waals surface area (Å²) in [6, 6.07) is 15.1. The van der Waals surface area contributed by atoms with Gasteiger partial charge in [0.1, 0.15) is 5.82 Å². The molecule has 112 valence electrons. The highest BCUT2D eigenvalue weighted by Crippen LogP contribution is 2.32. The Kier molecular flexibility index (Phi) is 5.66. The minimum Gasteiger partial charge on any atom is -0.207 e. The Morgan fingerprint density at radius 2 is 1.62 bits per heavy atom. The zero-order valence-corrected chi connectivity index (χ0v) is 13.6. The predicted octanol–water partition coefficient (Wildman–Crippen LogP) is 5.38. The standard InChI is InChI=1S/C18H19Cl2F/c1-14-9-17(21)8-7-16(14)11-18(12-19,13-20)10-15-5-3-2-4-6-15/h2-9H,10-13H2,1H3. The number of halogens is 3. The van der Waals surface area contributed by atoms with Gasteiger partial charge in [0.2, 0.25) is 0 Å². The van der Waals surface area contributed by atoms with Crippen LogP contribution in [0, 0.1) is 18.2 Å². The molecule has 0 saturated heterocycles. The molecule has 2 aromatic carbocycles. The van der Waals surface area contributed by atoms with E-state index in [4.69, 9.17) is 23.2 Å². The third-order valence-electron chi connectivity index (χ3n) is 3.86. The molecule has 0 fully saturated rings. The summed E-state index contributed by atoms with van der Waals surface area (Å²) in [7, 11) is 0. The van der Waals surface area contributed by atoms with Crippen molar-refractivity contribution in [1.82, 2.24) is 0 Å². The maximum Gasteiger partial charge on any atom is 0.123 e. The largest absolute Gasteiger partial charge is 0.207 e. The summed E-state index contributed by atoms with van der Waals surface area (Å²) in [4.78, 5) is 0. The van der Waals surface area contributed by atoms with Crippen LogP contribution >= 0.6 is 23.2 Å². The Hall–Kier alpha value is -1.05. The molecule has 21 heavy (non-hydrogen) atoms. The number of hydrogen-bond donors (Lipinski definition) is 0. The van der Waals surface area contributed by atoms with Crippen molar-refractivity contribution in [2.75, 3.05) is 11.8 Å². The van der Waals surface area contributed by atoms with Gasteiger partial charge >= 0.3 is 0 Å². The molecule has 2 rings (SSSR count). The number of aryl methyl sites for hydroxylation is 1. The van der Waals surface area contributed by atoms with Gasteiger partial charge in [0, 0.05) is 17.2 Å². The number of rotatable bonds is 6. The lowest BCUT2D eigenvalue weighted by molar-refractivity contribution is 0.373. The minimum atomic E-state index is -0.215. The van der Waals surface area contributed by atoms with E-state index in [1.54, 1.807) is 6.07 Å². The number of alkyl halides is 2. The van der Waals surface area contributed by atoms with Crippen LogP contribution in [-0.4, -0.2) is 11.8 Å². The molecule has 3 heteroatoms. The van der Waals surface area contributed by atoms with Gasteiger partial charge in [0.25, 0.3) is 0 Å². The summed E-state index contributed by atoms with van der Waals surface area (Å²) in [6.45, 7) is 1.92. The van der Waals surface area contributed by atoms with Gasteiger partial charge in [0.15, 0.2) is 0 Å². The van der Waals surface area contributed by atoms with E-state index in [0.717, 1.165) is 24.0 Å². The number of hydrogen-bond acceptors (Lipinski definition) is 0. The zero-order valence-electron chi connectivity index (χ0n) is 12.1. The Morgan fingerprint density at radius 1 is 0.952 bits per heavy atom. The van der Waals surface area contributed by atoms with Crippen LogP contribution in [0.3, 0.4) is 0 Å². The van der Waals surface area contributed by atoms with Gasteiger partial charge < -0.3 is 0 Å². The molecule has 0 unspecified atom stereocenters. The second-order valence-corrected chi connectivity index (χ2v) is 6.21. The Balaban J connectivity index is 2.25. The van der Waals surface area contributed by atoms with Gasteiger partial charge in [-0.1, -0.05) is 36.4 Å². The minimum absolute atomic E-state index is 0.207. The fourth-order valence-electron chi connectivity index (χ4n) is 2.58. The van der Waals surface area contributed by atoms with E-state index < -0.39 is 0 Å². The molecule has 0 radical (unpaired) electrons. The van der Waals surface area contributed by atoms with Crippen molar-refractivity contribution in [3.8, 4) is 0 Å². The normalized spacial score (nSPS) is 11.6. The van der Waals surface area contributed by atoms with Gasteiger partial charge in [-0.15, -0.1) is 23.2 Å². The van der Waals surface area contributed by atoms with Crippen molar-refractivity contribution in [1.29, 1.82) is 0 Å². The van der Waals surface area contributed by atoms with E-state index in [-0.39, 0.29) is 11.2 Å². The first kappa shape index (κ1) is 16.3. The van der Waals surface area contributed by atoms with Crippen LogP contribution in [0.4, 0.5) is 4.39 Å². The maximum absolute atomic E-state index is 13.2. The Labute approximate surface area is 135 Å². The summed E-state index contributed by atoms with van der Waals surface area (Å²) in [6.07, 6.45) is 1.57. The smallest absolute Gasteiger partial charge is 0.123 e. The lowest BCUT2D eigenvalue weighted by Crippen LogP contribution is -2.31. The molecular formula is C18H19Cl2F. The molecule has 0 bridgehead atoms. The summed E-state index contributed by atoms with van der Waals surface area (Å²) < 4.78 is 13.2. The fraction of sp³-hybridized carbons (Fsp3) is 0.333. The van der Waals surface area contributed by atoms with E-state index in [2.05, 4.69) is 12.1 Å². The van der Waals surface area contributed by atoms with E-state index in [1.165, 1.54) is 11.6 Å². The lowest BCUT2D eigenvalue weighted by atomic mass is 9.79. The quantitative estimate of drug-likeness (QED) is 0.625. The zero-order chi connectivity index (χ0) is 15.3. The van der Waals surface area contributed by atoms with Crippen LogP contribution < -0.4 is 0 Å². The van der Waals surface area contributed by atoms with Crippen LogP contribution in [0.2, 0.25) is 0 Å². The van der Waals surface area contributed by atoms with Crippen molar-refractivity contribution in [2.45, 2.75) is 19.8 Å². The average Bonchev–Trinajstić information content (AvgIpc) is 2.50. The highest BCUT2D eigenvalue weighted by Gasteiger charge is 2.29. The molecule has 0 aliphatic heterocycles. The molecule has 0 aliphatic carbocycles. The highest BCUT2D eigenvalue weighted by molar-refractivity contribution is 6.21. The first-order chi connectivity index (χ1) is 10.1. The predicted molar refractivity (Wildman–Crippen MR) is 88.9 cm³/mol. The second kappa shape index (κ2) is 7.29. The topological polar surface area (TPSA) is 0 Å². The van der Waals surface area contributed by atoms with Crippen LogP contribution in [0.15, 0.2) is 48.5 Å². The summed E-state index contributed by atoms with van der Waals surface area (Å²) >= 11 is 12.5. The summed E-state index contributed by atoms with van der Waals surface area (Å²) in [5, 5.41) is 0. The van der Waals surface area contributed by atoms with Crippen molar-refractivity contribution in [3.63, 3.8) is 0 Å². The van der Waals surface area contributed by atoms with Crippen molar-refractivity contribution >= 4 is 23.2 Å². The monoisotopic (exact) mass is 324 g/mol. The molecular weight excluding hydrogens is 306 g/mol. The third-order valence-corrected chi connectivity index (χ3v) is 4.99. The van der Waals surface area contributed by atoms with Crippen LogP contribution in [0.5, 0.6) is 0 Å². The molecule has 2 aromatic rings. The van der Waals surface area contributed by atoms with E-state index in [9.17, 15) is 4.39 Å². The van der Waals surface area contributed by atoms with Crippen molar-refractivity contribution in [3.05, 3.63) is 71.0 Å². The summed E-state index contributed by atoms with van der Waals surface area (Å²) in [5.74, 6) is 0.742. The van der Waals surface area contributed by atoms with Crippen LogP contribution in [0.25, 0.3) is 0 Å². The van der Waals surface area contributed by atoms with Gasteiger partial charge in [-0.3, -0.25) is 0 Å². The maximum atomic E-state index is 13.2. The Morgan fingerprint density at radius 3 is 2.19 bits per heavy atom. The highest BCUT2D eigenvalue weighted by atomic mass is 35.5. The molecule has 0 heterocycles. The second-order valence-electron chi connectivity index (χ2n) is 5.68. The molecule has 0 aliphatic rings. The molecule has 0 amide bonds. The van der Waals surface area contributed by atoms with Crippen molar-refractivity contribution < 1.29 is 4.39 Å². The third kappa shape index (κ3) is 4.21. The molecule has 0 atom stereocenters. The van der Waals surface area contributed by atoms with Gasteiger partial charge in [0.05, 0.1) is 0 Å². The van der Waals surface area contributed by atoms with E-state index in [0.29, 0.717) is 11.8 Å². The molecule has 0 nitrogen and oxygen atoms in total. The van der Waals surface area contributed by atoms with Crippen molar-refractivity contribution in [2.24, 2.45) is 5.41 Å². The molecule has 0 aromatic heterocycles. The summed E-state index contributed by atoms with van der Waals surface area (Å²) in [5.41, 5.74) is 3.06. The Bertz CT molecular complexity index is 577. The first-order valence-electron chi connectivity index (χ1n) is 6.99. The number of benzene rings is 2. The van der Waals surface area contributed by atoms with Crippen LogP contribution in [-0.2, 0) is 12.8 Å². The van der Waals surface area contributed by atoms with Gasteiger partial charge in [-0.05, 0) is 48.6 Å². The average molecular weight is 325 g/mol. The van der Waals surface area contributed by atoms with Gasteiger partial charge in [-0.25, -0.2) is 4.39 Å². The molecule has 0 spiro atoms. The van der Waals surface area contributed by atoms with Crippen LogP contribution in [0.1, 0.15) is 16.7 Å². The van der Waals surface area contributed by atoms with Gasteiger partial charge in [-0.2, -0.15) is 0 Å². The lowest BCUT2D eigenvalue weighted by Gasteiger charge is -2.30. The fourth-order valence-corrected chi connectivity index (χ4v) is 3.24. The van der Waals surface area contributed by atoms with E-state index >= 15 is 0 Å². The molecule has 0 N–H and O–H groups in total.